The van der Waals surface area contributed by atoms with Gasteiger partial charge in [-0.15, -0.1) is 0 Å². The van der Waals surface area contributed by atoms with Crippen LogP contribution in [0.3, 0.4) is 0 Å². The number of rotatable bonds is 8. The van der Waals surface area contributed by atoms with Gasteiger partial charge in [-0.2, -0.15) is 0 Å². The number of nitrogens with zero attached hydrogens (tertiary/aromatic N) is 1. The van der Waals surface area contributed by atoms with E-state index in [1.165, 1.54) is 4.90 Å². The Labute approximate surface area is 96.1 Å². The number of carbonyl (C=O) groups is 2. The molecular weight excluding hydrogens is 210 g/mol. The zero-order valence-corrected chi connectivity index (χ0v) is 10.2. The van der Waals surface area contributed by atoms with Gasteiger partial charge in [0.05, 0.1) is 0 Å². The van der Waals surface area contributed by atoms with Gasteiger partial charge in [-0.05, 0) is 19.5 Å². The summed E-state index contributed by atoms with van der Waals surface area (Å²) in [5, 5.41) is 18.5. The molecular formula is C11H21NO4. The second-order valence-electron chi connectivity index (χ2n) is 3.75. The zero-order chi connectivity index (χ0) is 12.8. The highest BCUT2D eigenvalue weighted by atomic mass is 16.4. The smallest absolute Gasteiger partial charge is 0.335 e. The maximum absolute atomic E-state index is 11.3. The van der Waals surface area contributed by atoms with Crippen molar-refractivity contribution in [3.05, 3.63) is 0 Å². The monoisotopic (exact) mass is 231 g/mol. The fourth-order valence-corrected chi connectivity index (χ4v) is 1.93. The van der Waals surface area contributed by atoms with Gasteiger partial charge in [0.25, 0.3) is 0 Å². The minimum atomic E-state index is -1.76. The van der Waals surface area contributed by atoms with Crippen LogP contribution in [0.4, 0.5) is 0 Å². The van der Waals surface area contributed by atoms with E-state index < -0.39 is 17.5 Å². The number of aliphatic carboxylic acids is 2. The van der Waals surface area contributed by atoms with Crippen LogP contribution in [0, 0.1) is 0 Å². The van der Waals surface area contributed by atoms with E-state index in [9.17, 15) is 19.8 Å². The van der Waals surface area contributed by atoms with Crippen LogP contribution in [0.2, 0.25) is 0 Å². The summed E-state index contributed by atoms with van der Waals surface area (Å²) in [6.45, 7) is 6.29. The van der Waals surface area contributed by atoms with Crippen LogP contribution < -0.4 is 0 Å². The summed E-state index contributed by atoms with van der Waals surface area (Å²) in [6, 6.07) is 0. The third-order valence-electron chi connectivity index (χ3n) is 2.90. The molecule has 2 N–H and O–H groups in total. The predicted octanol–water partition coefficient (Wildman–Crippen LogP) is 1.43. The standard InChI is InChI=1S/C11H21NO4/c1-4-7-8-11(9(13)14,10(15)16)12(5-2)6-3/h4-8H2,1-3H3,(H,13,14)(H,15,16). The Kier molecular flexibility index (Phi) is 6.03. The van der Waals surface area contributed by atoms with Gasteiger partial charge in [-0.25, -0.2) is 9.59 Å². The minimum absolute atomic E-state index is 0.149. The molecule has 16 heavy (non-hydrogen) atoms. The normalized spacial score (nSPS) is 11.8. The molecule has 0 heterocycles. The van der Waals surface area contributed by atoms with Crippen LogP contribution >= 0.6 is 0 Å². The zero-order valence-electron chi connectivity index (χ0n) is 10.2. The van der Waals surface area contributed by atoms with E-state index in [1.54, 1.807) is 13.8 Å². The molecule has 0 atom stereocenters. The fraction of sp³-hybridized carbons (Fsp3) is 0.818. The van der Waals surface area contributed by atoms with E-state index in [4.69, 9.17) is 0 Å². The molecule has 0 aliphatic rings. The molecule has 0 fully saturated rings. The number of carboxylic acids is 2. The Morgan fingerprint density at radius 2 is 1.50 bits per heavy atom. The maximum Gasteiger partial charge on any atom is 0.335 e. The summed E-state index contributed by atoms with van der Waals surface area (Å²) >= 11 is 0. The quantitative estimate of drug-likeness (QED) is 0.618. The molecule has 5 heteroatoms. The molecule has 0 aliphatic heterocycles. The van der Waals surface area contributed by atoms with Crippen LogP contribution in [-0.2, 0) is 9.59 Å². The first-order chi connectivity index (χ1) is 7.47. The van der Waals surface area contributed by atoms with E-state index in [0.717, 1.165) is 6.42 Å². The van der Waals surface area contributed by atoms with E-state index in [-0.39, 0.29) is 6.42 Å². The van der Waals surface area contributed by atoms with Crippen LogP contribution in [0.1, 0.15) is 40.0 Å². The van der Waals surface area contributed by atoms with Crippen LogP contribution in [0.15, 0.2) is 0 Å². The average Bonchev–Trinajstić information content (AvgIpc) is 2.23. The van der Waals surface area contributed by atoms with Crippen LogP contribution in [0.5, 0.6) is 0 Å². The summed E-state index contributed by atoms with van der Waals surface area (Å²) in [4.78, 5) is 24.1. The van der Waals surface area contributed by atoms with E-state index in [2.05, 4.69) is 0 Å². The highest BCUT2D eigenvalue weighted by Gasteiger charge is 2.49. The van der Waals surface area contributed by atoms with Crippen LogP contribution in [0.25, 0.3) is 0 Å². The summed E-state index contributed by atoms with van der Waals surface area (Å²) < 4.78 is 0. The van der Waals surface area contributed by atoms with Gasteiger partial charge in [-0.3, -0.25) is 4.90 Å². The lowest BCUT2D eigenvalue weighted by atomic mass is 9.90. The van der Waals surface area contributed by atoms with Crippen molar-refractivity contribution in [3.8, 4) is 0 Å². The van der Waals surface area contributed by atoms with Gasteiger partial charge in [0.2, 0.25) is 5.54 Å². The van der Waals surface area contributed by atoms with E-state index in [1.807, 2.05) is 6.92 Å². The molecule has 0 saturated heterocycles. The third kappa shape index (κ3) is 2.72. The topological polar surface area (TPSA) is 77.8 Å². The Balaban J connectivity index is 5.23. The molecule has 0 radical (unpaired) electrons. The molecule has 5 nitrogen and oxygen atoms in total. The van der Waals surface area contributed by atoms with Gasteiger partial charge >= 0.3 is 11.9 Å². The predicted molar refractivity (Wildman–Crippen MR) is 60.4 cm³/mol. The Morgan fingerprint density at radius 3 is 1.75 bits per heavy atom. The molecule has 0 aromatic heterocycles. The molecule has 0 saturated carbocycles. The number of unbranched alkanes of at least 4 members (excludes halogenated alkanes) is 1. The van der Waals surface area contributed by atoms with Crippen molar-refractivity contribution in [1.82, 2.24) is 4.90 Å². The largest absolute Gasteiger partial charge is 0.479 e. The molecule has 0 spiro atoms. The van der Waals surface area contributed by atoms with Gasteiger partial charge in [-0.1, -0.05) is 33.6 Å². The van der Waals surface area contributed by atoms with E-state index >= 15 is 0 Å². The lowest BCUT2D eigenvalue weighted by Gasteiger charge is -2.35. The maximum atomic E-state index is 11.3. The summed E-state index contributed by atoms with van der Waals surface area (Å²) in [6.07, 6.45) is 1.52. The summed E-state index contributed by atoms with van der Waals surface area (Å²) in [7, 11) is 0. The molecule has 0 amide bonds. The Bertz CT molecular complexity index is 234. The summed E-state index contributed by atoms with van der Waals surface area (Å²) in [5.41, 5.74) is -1.76. The number of likely N-dealkylation sites (N-methyl/N-ethyl adjacent to an activating group) is 1. The van der Waals surface area contributed by atoms with Crippen molar-refractivity contribution >= 4 is 11.9 Å². The lowest BCUT2D eigenvalue weighted by Crippen LogP contribution is -2.60. The van der Waals surface area contributed by atoms with Gasteiger partial charge in [0.1, 0.15) is 0 Å². The number of hydrogen-bond donors (Lipinski definition) is 2. The van der Waals surface area contributed by atoms with Crippen molar-refractivity contribution in [2.75, 3.05) is 13.1 Å². The molecule has 0 aliphatic carbocycles. The molecule has 0 unspecified atom stereocenters. The summed E-state index contributed by atoms with van der Waals surface area (Å²) in [5.74, 6) is -2.53. The van der Waals surface area contributed by atoms with Gasteiger partial charge in [0, 0.05) is 0 Å². The Morgan fingerprint density at radius 1 is 1.06 bits per heavy atom. The third-order valence-corrected chi connectivity index (χ3v) is 2.90. The van der Waals surface area contributed by atoms with Crippen molar-refractivity contribution in [1.29, 1.82) is 0 Å². The first kappa shape index (κ1) is 14.9. The van der Waals surface area contributed by atoms with Crippen molar-refractivity contribution in [2.45, 2.75) is 45.6 Å². The van der Waals surface area contributed by atoms with Crippen molar-refractivity contribution in [2.24, 2.45) is 0 Å². The fourth-order valence-electron chi connectivity index (χ4n) is 1.93. The highest BCUT2D eigenvalue weighted by Crippen LogP contribution is 2.23. The minimum Gasteiger partial charge on any atom is -0.479 e. The first-order valence-corrected chi connectivity index (χ1v) is 5.69. The SMILES string of the molecule is CCCCC(C(=O)O)(C(=O)O)N(CC)CC. The molecule has 0 aromatic carbocycles. The second-order valence-corrected chi connectivity index (χ2v) is 3.75. The van der Waals surface area contributed by atoms with Crippen molar-refractivity contribution < 1.29 is 19.8 Å². The number of hydrogen-bond acceptors (Lipinski definition) is 3. The average molecular weight is 231 g/mol. The van der Waals surface area contributed by atoms with Crippen LogP contribution in [-0.4, -0.2) is 45.7 Å². The highest BCUT2D eigenvalue weighted by molar-refractivity contribution is 6.03. The van der Waals surface area contributed by atoms with Crippen molar-refractivity contribution in [3.63, 3.8) is 0 Å². The Hall–Kier alpha value is -1.10. The molecule has 0 aromatic rings. The lowest BCUT2D eigenvalue weighted by molar-refractivity contribution is -0.168. The van der Waals surface area contributed by atoms with Gasteiger partial charge in [0.15, 0.2) is 0 Å². The molecule has 0 rings (SSSR count). The van der Waals surface area contributed by atoms with Gasteiger partial charge < -0.3 is 10.2 Å². The molecule has 94 valence electrons. The van der Waals surface area contributed by atoms with E-state index in [0.29, 0.717) is 19.5 Å². The molecule has 0 bridgehead atoms. The second kappa shape index (κ2) is 6.48. The number of carboxylic acid groups (broad SMARTS) is 2. The first-order valence-electron chi connectivity index (χ1n) is 5.69.